The van der Waals surface area contributed by atoms with Crippen molar-refractivity contribution < 1.29 is 4.79 Å². The molecule has 0 unspecified atom stereocenters. The van der Waals surface area contributed by atoms with E-state index in [2.05, 4.69) is 10.2 Å². The van der Waals surface area contributed by atoms with Gasteiger partial charge in [0.15, 0.2) is 0 Å². The van der Waals surface area contributed by atoms with Gasteiger partial charge in [-0.25, -0.2) is 4.98 Å². The highest BCUT2D eigenvalue weighted by molar-refractivity contribution is 7.17. The summed E-state index contributed by atoms with van der Waals surface area (Å²) in [5, 5.41) is 5.41. The number of thiophene rings is 1. The maximum absolute atomic E-state index is 13.0. The number of hydrogen-bond acceptors (Lipinski definition) is 5. The van der Waals surface area contributed by atoms with Gasteiger partial charge in [-0.3, -0.25) is 14.2 Å². The van der Waals surface area contributed by atoms with Crippen LogP contribution in [-0.2, 0) is 17.9 Å². The number of carbonyl (C=O) groups is 1. The second-order valence-electron chi connectivity index (χ2n) is 7.17. The van der Waals surface area contributed by atoms with Crippen LogP contribution in [0.4, 0.5) is 5.95 Å². The van der Waals surface area contributed by atoms with Crippen molar-refractivity contribution in [3.63, 3.8) is 0 Å². The minimum absolute atomic E-state index is 0.0653. The Bertz CT molecular complexity index is 1070. The first-order valence-corrected chi connectivity index (χ1v) is 11.1. The predicted molar refractivity (Wildman–Crippen MR) is 118 cm³/mol. The zero-order valence-corrected chi connectivity index (χ0v) is 17.6. The first-order chi connectivity index (χ1) is 14.1. The second-order valence-corrected chi connectivity index (χ2v) is 8.49. The summed E-state index contributed by atoms with van der Waals surface area (Å²) in [6.45, 7) is 2.45. The summed E-state index contributed by atoms with van der Waals surface area (Å²) >= 11 is 7.54. The molecule has 3 aromatic rings. The minimum Gasteiger partial charge on any atom is -0.352 e. The molecule has 6 nitrogen and oxygen atoms in total. The largest absolute Gasteiger partial charge is 0.352 e. The fourth-order valence-corrected chi connectivity index (χ4v) is 4.59. The van der Waals surface area contributed by atoms with E-state index in [0.717, 1.165) is 37.0 Å². The molecule has 1 fully saturated rings. The van der Waals surface area contributed by atoms with Crippen molar-refractivity contribution in [2.75, 3.05) is 18.0 Å². The number of anilines is 1. The average Bonchev–Trinajstić information content (AvgIpc) is 3.22. The average molecular weight is 431 g/mol. The minimum atomic E-state index is -0.118. The summed E-state index contributed by atoms with van der Waals surface area (Å²) < 4.78 is 2.31. The Hall–Kier alpha value is -2.38. The van der Waals surface area contributed by atoms with Crippen LogP contribution >= 0.6 is 22.9 Å². The molecule has 8 heteroatoms. The molecular weight excluding hydrogens is 408 g/mol. The van der Waals surface area contributed by atoms with E-state index in [4.69, 9.17) is 16.6 Å². The fraction of sp³-hybridized carbons (Fsp3) is 0.381. The molecule has 0 saturated carbocycles. The Balaban J connectivity index is 1.50. The van der Waals surface area contributed by atoms with Crippen LogP contribution in [0.2, 0.25) is 5.02 Å². The molecule has 3 heterocycles. The van der Waals surface area contributed by atoms with Gasteiger partial charge >= 0.3 is 0 Å². The van der Waals surface area contributed by atoms with Crippen molar-refractivity contribution in [2.24, 2.45) is 0 Å². The van der Waals surface area contributed by atoms with Gasteiger partial charge in [0.2, 0.25) is 11.9 Å². The van der Waals surface area contributed by atoms with Gasteiger partial charge in [0, 0.05) is 37.6 Å². The molecule has 1 aliphatic rings. The summed E-state index contributed by atoms with van der Waals surface area (Å²) in [6.07, 6.45) is 3.60. The van der Waals surface area contributed by atoms with Crippen LogP contribution in [0.25, 0.3) is 10.2 Å². The van der Waals surface area contributed by atoms with Gasteiger partial charge in [-0.1, -0.05) is 29.8 Å². The Morgan fingerprint density at radius 3 is 2.76 bits per heavy atom. The quantitative estimate of drug-likeness (QED) is 0.645. The summed E-state index contributed by atoms with van der Waals surface area (Å²) in [5.74, 6) is 0.562. The molecule has 0 bridgehead atoms. The van der Waals surface area contributed by atoms with Gasteiger partial charge in [-0.15, -0.1) is 11.3 Å². The summed E-state index contributed by atoms with van der Waals surface area (Å²) in [4.78, 5) is 32.4. The SMILES string of the molecule is O=C(CCn1c(N2CCCCC2)nc2ccsc2c1=O)NCc1ccccc1Cl. The van der Waals surface area contributed by atoms with Gasteiger partial charge in [0.05, 0.1) is 5.52 Å². The lowest BCUT2D eigenvalue weighted by Gasteiger charge is -2.29. The molecule has 1 amide bonds. The van der Waals surface area contributed by atoms with Crippen LogP contribution in [-0.4, -0.2) is 28.5 Å². The molecule has 152 valence electrons. The van der Waals surface area contributed by atoms with Crippen LogP contribution in [0.15, 0.2) is 40.5 Å². The van der Waals surface area contributed by atoms with Gasteiger partial charge < -0.3 is 10.2 Å². The highest BCUT2D eigenvalue weighted by Crippen LogP contribution is 2.22. The van der Waals surface area contributed by atoms with E-state index >= 15 is 0 Å². The number of nitrogens with one attached hydrogen (secondary N) is 1. The zero-order chi connectivity index (χ0) is 20.2. The number of fused-ring (bicyclic) bond motifs is 1. The first kappa shape index (κ1) is 19.9. The van der Waals surface area contributed by atoms with Gasteiger partial charge in [0.1, 0.15) is 4.70 Å². The Kier molecular flexibility index (Phi) is 6.16. The number of aromatic nitrogens is 2. The topological polar surface area (TPSA) is 67.2 Å². The van der Waals surface area contributed by atoms with E-state index in [1.54, 1.807) is 10.6 Å². The Morgan fingerprint density at radius 1 is 1.17 bits per heavy atom. The lowest BCUT2D eigenvalue weighted by Crippen LogP contribution is -2.37. The Morgan fingerprint density at radius 2 is 1.97 bits per heavy atom. The molecular formula is C21H23ClN4O2S. The maximum Gasteiger partial charge on any atom is 0.272 e. The highest BCUT2D eigenvalue weighted by atomic mass is 35.5. The summed E-state index contributed by atoms with van der Waals surface area (Å²) in [5.41, 5.74) is 1.54. The molecule has 4 rings (SSSR count). The normalized spacial score (nSPS) is 14.3. The van der Waals surface area contributed by atoms with Crippen molar-refractivity contribution in [2.45, 2.75) is 38.8 Å². The highest BCUT2D eigenvalue weighted by Gasteiger charge is 2.20. The number of nitrogens with zero attached hydrogens (tertiary/aromatic N) is 3. The van der Waals surface area contributed by atoms with E-state index < -0.39 is 0 Å². The molecule has 1 aliphatic heterocycles. The standard InChI is InChI=1S/C21H23ClN4O2S/c22-16-7-3-2-6-15(16)14-23-18(27)8-12-26-20(28)19-17(9-13-29-19)24-21(26)25-10-4-1-5-11-25/h2-3,6-7,9,13H,1,4-5,8,10-12,14H2,(H,23,27). The van der Waals surface area contributed by atoms with Crippen LogP contribution in [0.5, 0.6) is 0 Å². The zero-order valence-electron chi connectivity index (χ0n) is 16.1. The number of hydrogen-bond donors (Lipinski definition) is 1. The van der Waals surface area contributed by atoms with Crippen molar-refractivity contribution in [3.8, 4) is 0 Å². The predicted octanol–water partition coefficient (Wildman–Crippen LogP) is 3.81. The second kappa shape index (κ2) is 8.97. The number of rotatable bonds is 6. The van der Waals surface area contributed by atoms with Crippen LogP contribution in [0, 0.1) is 0 Å². The molecule has 1 N–H and O–H groups in total. The molecule has 1 aromatic carbocycles. The molecule has 0 atom stereocenters. The molecule has 0 radical (unpaired) electrons. The summed E-state index contributed by atoms with van der Waals surface area (Å²) in [7, 11) is 0. The van der Waals surface area contributed by atoms with E-state index in [1.807, 2.05) is 29.6 Å². The Labute approximate surface area is 178 Å². The molecule has 0 spiro atoms. The lowest BCUT2D eigenvalue weighted by molar-refractivity contribution is -0.121. The van der Waals surface area contributed by atoms with Crippen molar-refractivity contribution in [3.05, 3.63) is 56.7 Å². The molecule has 29 heavy (non-hydrogen) atoms. The van der Waals surface area contributed by atoms with Crippen LogP contribution in [0.1, 0.15) is 31.2 Å². The van der Waals surface area contributed by atoms with Crippen LogP contribution in [0.3, 0.4) is 0 Å². The first-order valence-electron chi connectivity index (χ1n) is 9.86. The van der Waals surface area contributed by atoms with Gasteiger partial charge in [0.25, 0.3) is 5.56 Å². The summed E-state index contributed by atoms with van der Waals surface area (Å²) in [6, 6.07) is 9.32. The van der Waals surface area contributed by atoms with Crippen molar-refractivity contribution >= 4 is 45.0 Å². The van der Waals surface area contributed by atoms with E-state index in [-0.39, 0.29) is 17.9 Å². The number of carbonyl (C=O) groups excluding carboxylic acids is 1. The molecule has 1 saturated heterocycles. The van der Waals surface area contributed by atoms with Crippen molar-refractivity contribution in [1.82, 2.24) is 14.9 Å². The van der Waals surface area contributed by atoms with E-state index in [9.17, 15) is 9.59 Å². The number of halogens is 1. The van der Waals surface area contributed by atoms with Gasteiger partial charge in [-0.2, -0.15) is 0 Å². The van der Waals surface area contributed by atoms with Crippen molar-refractivity contribution in [1.29, 1.82) is 0 Å². The van der Waals surface area contributed by atoms with Crippen LogP contribution < -0.4 is 15.8 Å². The fourth-order valence-electron chi connectivity index (χ4n) is 3.61. The molecule has 0 aliphatic carbocycles. The maximum atomic E-state index is 13.0. The lowest BCUT2D eigenvalue weighted by atomic mass is 10.1. The molecule has 2 aromatic heterocycles. The third-order valence-electron chi connectivity index (χ3n) is 5.18. The number of piperidine rings is 1. The third-order valence-corrected chi connectivity index (χ3v) is 6.44. The van der Waals surface area contributed by atoms with E-state index in [0.29, 0.717) is 28.8 Å². The monoisotopic (exact) mass is 430 g/mol. The van der Waals surface area contributed by atoms with E-state index in [1.165, 1.54) is 17.8 Å². The number of amides is 1. The number of benzene rings is 1. The van der Waals surface area contributed by atoms with Gasteiger partial charge in [-0.05, 0) is 42.3 Å². The third kappa shape index (κ3) is 4.46. The smallest absolute Gasteiger partial charge is 0.272 e.